The molecule has 1 radical (unpaired) electrons. The van der Waals surface area contributed by atoms with Gasteiger partial charge in [-0.25, -0.2) is 0 Å². The second-order valence-electron chi connectivity index (χ2n) is 3.91. The van der Waals surface area contributed by atoms with Crippen LogP contribution in [-0.4, -0.2) is 10.1 Å². The maximum atomic E-state index is 5.54. The monoisotopic (exact) mass is 251 g/mol. The van der Waals surface area contributed by atoms with Crippen LogP contribution in [0.25, 0.3) is 11.5 Å². The van der Waals surface area contributed by atoms with Gasteiger partial charge in [0, 0.05) is 5.56 Å². The Morgan fingerprint density at radius 3 is 2.63 bits per heavy atom. The Bertz CT molecular complexity index is 636. The minimum atomic E-state index is 0.278. The van der Waals surface area contributed by atoms with Crippen molar-refractivity contribution in [3.63, 3.8) is 0 Å². The van der Waals surface area contributed by atoms with E-state index in [1.165, 1.54) is 0 Å². The van der Waals surface area contributed by atoms with Crippen molar-refractivity contribution in [1.82, 2.24) is 10.1 Å². The molecule has 0 N–H and O–H groups in total. The fourth-order valence-electron chi connectivity index (χ4n) is 1.63. The van der Waals surface area contributed by atoms with Gasteiger partial charge in [-0.15, -0.1) is 0 Å². The third-order valence-corrected chi connectivity index (χ3v) is 2.54. The minimum Gasteiger partial charge on any atom is -0.485 e. The molecule has 3 rings (SSSR count). The molecule has 0 fully saturated rings. The summed E-state index contributed by atoms with van der Waals surface area (Å²) in [4.78, 5) is 4.28. The number of aromatic nitrogens is 2. The summed E-state index contributed by atoms with van der Waals surface area (Å²) in [6.45, 7) is 0.278. The van der Waals surface area contributed by atoms with Crippen molar-refractivity contribution in [2.75, 3.05) is 0 Å². The molecule has 19 heavy (non-hydrogen) atoms. The highest BCUT2D eigenvalue weighted by molar-refractivity contribution is 5.51. The number of hydrogen-bond donors (Lipinski definition) is 0. The van der Waals surface area contributed by atoms with E-state index in [9.17, 15) is 0 Å². The van der Waals surface area contributed by atoms with E-state index >= 15 is 0 Å². The van der Waals surface area contributed by atoms with Gasteiger partial charge in [0.2, 0.25) is 5.82 Å². The van der Waals surface area contributed by atoms with E-state index in [2.05, 4.69) is 16.2 Å². The number of nitrogens with zero attached hydrogens (tertiary/aromatic N) is 2. The fourth-order valence-corrected chi connectivity index (χ4v) is 1.63. The predicted molar refractivity (Wildman–Crippen MR) is 69.3 cm³/mol. The highest BCUT2D eigenvalue weighted by atomic mass is 16.5. The topological polar surface area (TPSA) is 48.2 Å². The highest BCUT2D eigenvalue weighted by Crippen LogP contribution is 2.17. The van der Waals surface area contributed by atoms with Crippen LogP contribution >= 0.6 is 0 Å². The average Bonchev–Trinajstić information content (AvgIpc) is 2.96. The smallest absolute Gasteiger partial charge is 0.258 e. The molecule has 93 valence electrons. The standard InChI is InChI=1S/C15H11N2O2/c1-3-7-12(8-4-1)15-16-14(17-19-15)11-18-13-9-5-2-6-10-13/h1,3-10H,11H2. The Morgan fingerprint density at radius 2 is 1.84 bits per heavy atom. The maximum Gasteiger partial charge on any atom is 0.258 e. The van der Waals surface area contributed by atoms with Crippen molar-refractivity contribution in [2.24, 2.45) is 0 Å². The van der Waals surface area contributed by atoms with Crippen LogP contribution in [0, 0.1) is 6.07 Å². The largest absolute Gasteiger partial charge is 0.485 e. The van der Waals surface area contributed by atoms with Crippen LogP contribution in [0.4, 0.5) is 0 Å². The van der Waals surface area contributed by atoms with Gasteiger partial charge >= 0.3 is 0 Å². The van der Waals surface area contributed by atoms with Crippen molar-refractivity contribution in [2.45, 2.75) is 6.61 Å². The van der Waals surface area contributed by atoms with Crippen molar-refractivity contribution >= 4 is 0 Å². The van der Waals surface area contributed by atoms with Crippen LogP contribution in [0.5, 0.6) is 5.75 Å². The van der Waals surface area contributed by atoms with E-state index in [0.717, 1.165) is 11.3 Å². The number of hydrogen-bond acceptors (Lipinski definition) is 4. The predicted octanol–water partition coefficient (Wildman–Crippen LogP) is 3.12. The summed E-state index contributed by atoms with van der Waals surface area (Å²) in [5, 5.41) is 3.89. The molecule has 2 aromatic carbocycles. The van der Waals surface area contributed by atoms with Crippen LogP contribution in [0.2, 0.25) is 0 Å². The van der Waals surface area contributed by atoms with Gasteiger partial charge in [0.15, 0.2) is 6.61 Å². The van der Waals surface area contributed by atoms with E-state index in [1.54, 1.807) is 12.1 Å². The van der Waals surface area contributed by atoms with Gasteiger partial charge in [0.05, 0.1) is 0 Å². The third kappa shape index (κ3) is 2.80. The van der Waals surface area contributed by atoms with Gasteiger partial charge in [-0.2, -0.15) is 4.98 Å². The maximum absolute atomic E-state index is 5.54. The van der Waals surface area contributed by atoms with Crippen molar-refractivity contribution in [3.8, 4) is 17.2 Å². The molecule has 0 bridgehead atoms. The van der Waals surface area contributed by atoms with E-state index < -0.39 is 0 Å². The normalized spacial score (nSPS) is 10.3. The van der Waals surface area contributed by atoms with Crippen LogP contribution in [0.1, 0.15) is 5.82 Å². The lowest BCUT2D eigenvalue weighted by Crippen LogP contribution is -1.97. The summed E-state index contributed by atoms with van der Waals surface area (Å²) >= 11 is 0. The van der Waals surface area contributed by atoms with Crippen molar-refractivity contribution < 1.29 is 9.26 Å². The first-order chi connectivity index (χ1) is 9.42. The molecular formula is C15H11N2O2. The lowest BCUT2D eigenvalue weighted by molar-refractivity contribution is 0.287. The first kappa shape index (κ1) is 11.5. The quantitative estimate of drug-likeness (QED) is 0.714. The molecule has 0 aliphatic heterocycles. The molecular weight excluding hydrogens is 240 g/mol. The Morgan fingerprint density at radius 1 is 1.05 bits per heavy atom. The molecule has 1 aromatic heterocycles. The summed E-state index contributed by atoms with van der Waals surface area (Å²) in [5.41, 5.74) is 0.899. The zero-order valence-corrected chi connectivity index (χ0v) is 10.1. The van der Waals surface area contributed by atoms with Gasteiger partial charge in [-0.05, 0) is 30.3 Å². The van der Waals surface area contributed by atoms with Crippen LogP contribution in [0.15, 0.2) is 59.1 Å². The van der Waals surface area contributed by atoms with Gasteiger partial charge in [-0.1, -0.05) is 35.5 Å². The van der Waals surface area contributed by atoms with Crippen molar-refractivity contribution in [1.29, 1.82) is 0 Å². The molecule has 0 saturated carbocycles. The third-order valence-electron chi connectivity index (χ3n) is 2.54. The second-order valence-corrected chi connectivity index (χ2v) is 3.91. The number of rotatable bonds is 4. The second kappa shape index (κ2) is 5.35. The molecule has 3 aromatic rings. The minimum absolute atomic E-state index is 0.278. The Balaban J connectivity index is 1.69. The van der Waals surface area contributed by atoms with Gasteiger partial charge in [0.25, 0.3) is 5.89 Å². The highest BCUT2D eigenvalue weighted by Gasteiger charge is 2.08. The Kier molecular flexibility index (Phi) is 3.23. The van der Waals surface area contributed by atoms with Gasteiger partial charge < -0.3 is 9.26 Å². The zero-order chi connectivity index (χ0) is 12.9. The molecule has 0 aliphatic carbocycles. The van der Waals surface area contributed by atoms with Crippen LogP contribution < -0.4 is 4.74 Å². The number of ether oxygens (including phenoxy) is 1. The summed E-state index contributed by atoms with van der Waals surface area (Å²) in [6, 6.07) is 19.8. The molecule has 0 unspecified atom stereocenters. The molecule has 4 nitrogen and oxygen atoms in total. The molecule has 0 amide bonds. The molecule has 4 heteroatoms. The first-order valence-electron chi connectivity index (χ1n) is 5.89. The Hall–Kier alpha value is -2.62. The van der Waals surface area contributed by atoms with E-state index in [0.29, 0.717) is 11.7 Å². The summed E-state index contributed by atoms with van der Waals surface area (Å²) in [7, 11) is 0. The van der Waals surface area contributed by atoms with Crippen molar-refractivity contribution in [3.05, 3.63) is 66.5 Å². The Labute approximate surface area is 110 Å². The average molecular weight is 251 g/mol. The van der Waals surface area contributed by atoms with Gasteiger partial charge in [0.1, 0.15) is 5.75 Å². The van der Waals surface area contributed by atoms with E-state index in [1.807, 2.05) is 42.5 Å². The van der Waals surface area contributed by atoms with Crippen LogP contribution in [0.3, 0.4) is 0 Å². The SMILES string of the molecule is [c]1ccc(OCc2noc(-c3ccccc3)n2)cc1. The lowest BCUT2D eigenvalue weighted by atomic mass is 10.2. The molecule has 1 heterocycles. The number of benzene rings is 2. The van der Waals surface area contributed by atoms with Gasteiger partial charge in [-0.3, -0.25) is 0 Å². The van der Waals surface area contributed by atoms with Crippen LogP contribution in [-0.2, 0) is 6.61 Å². The first-order valence-corrected chi connectivity index (χ1v) is 5.89. The summed E-state index contributed by atoms with van der Waals surface area (Å²) in [6.07, 6.45) is 0. The lowest BCUT2D eigenvalue weighted by Gasteiger charge is -2.01. The molecule has 0 saturated heterocycles. The van der Waals surface area contributed by atoms with E-state index in [-0.39, 0.29) is 6.61 Å². The summed E-state index contributed by atoms with van der Waals surface area (Å²) < 4.78 is 10.7. The molecule has 0 atom stereocenters. The summed E-state index contributed by atoms with van der Waals surface area (Å²) in [5.74, 6) is 1.78. The molecule has 0 spiro atoms. The fraction of sp³-hybridized carbons (Fsp3) is 0.0667. The van der Waals surface area contributed by atoms with E-state index in [4.69, 9.17) is 9.26 Å². The zero-order valence-electron chi connectivity index (χ0n) is 10.1. The molecule has 0 aliphatic rings.